The maximum absolute atomic E-state index is 7.61. The highest BCUT2D eigenvalue weighted by Crippen LogP contribution is 2.41. The molecule has 21 heavy (non-hydrogen) atoms. The molecule has 0 heterocycles. The molecule has 0 bridgehead atoms. The summed E-state index contributed by atoms with van der Waals surface area (Å²) in [6.07, 6.45) is 0. The predicted molar refractivity (Wildman–Crippen MR) is 82.1 cm³/mol. The van der Waals surface area contributed by atoms with Crippen molar-refractivity contribution in [3.05, 3.63) is 47.0 Å². The summed E-state index contributed by atoms with van der Waals surface area (Å²) in [7, 11) is 3.07. The number of amidine groups is 1. The number of para-hydroxylation sites is 1. The molecule has 2 aromatic rings. The van der Waals surface area contributed by atoms with Crippen LogP contribution < -0.4 is 19.9 Å². The van der Waals surface area contributed by atoms with Crippen molar-refractivity contribution in [3.63, 3.8) is 0 Å². The smallest absolute Gasteiger partial charge is 0.211 e. The van der Waals surface area contributed by atoms with Gasteiger partial charge in [-0.15, -0.1) is 0 Å². The van der Waals surface area contributed by atoms with Crippen molar-refractivity contribution in [1.82, 2.24) is 0 Å². The van der Waals surface area contributed by atoms with E-state index in [0.29, 0.717) is 33.6 Å². The Balaban J connectivity index is 2.50. The Labute approximate surface area is 127 Å². The highest BCUT2D eigenvalue weighted by atomic mass is 35.5. The van der Waals surface area contributed by atoms with E-state index in [-0.39, 0.29) is 5.84 Å². The molecule has 0 atom stereocenters. The fourth-order valence-electron chi connectivity index (χ4n) is 1.83. The van der Waals surface area contributed by atoms with Gasteiger partial charge in [0.2, 0.25) is 5.75 Å². The minimum absolute atomic E-state index is 0.138. The molecule has 0 aliphatic carbocycles. The summed E-state index contributed by atoms with van der Waals surface area (Å²) >= 11 is 5.92. The van der Waals surface area contributed by atoms with Gasteiger partial charge in [0.25, 0.3) is 0 Å². The monoisotopic (exact) mass is 306 g/mol. The minimum atomic E-state index is -0.138. The van der Waals surface area contributed by atoms with Gasteiger partial charge < -0.3 is 19.9 Å². The number of halogens is 1. The van der Waals surface area contributed by atoms with E-state index >= 15 is 0 Å². The van der Waals surface area contributed by atoms with Crippen LogP contribution in [-0.2, 0) is 0 Å². The molecule has 5 nitrogen and oxygen atoms in total. The molecule has 0 radical (unpaired) electrons. The van der Waals surface area contributed by atoms with Gasteiger partial charge in [0, 0.05) is 5.02 Å². The van der Waals surface area contributed by atoms with Crippen LogP contribution in [0.15, 0.2) is 36.4 Å². The maximum atomic E-state index is 7.61. The normalized spacial score (nSPS) is 10.0. The molecular formula is C15H15ClN2O3. The first-order chi connectivity index (χ1) is 10.1. The highest BCUT2D eigenvalue weighted by molar-refractivity contribution is 6.31. The summed E-state index contributed by atoms with van der Waals surface area (Å²) in [4.78, 5) is 0. The number of methoxy groups -OCH3 is 2. The van der Waals surface area contributed by atoms with Gasteiger partial charge in [-0.3, -0.25) is 5.41 Å². The summed E-state index contributed by atoms with van der Waals surface area (Å²) in [5.41, 5.74) is 5.96. The van der Waals surface area contributed by atoms with Gasteiger partial charge >= 0.3 is 0 Å². The Kier molecular flexibility index (Phi) is 4.55. The Morgan fingerprint density at radius 2 is 1.67 bits per heavy atom. The van der Waals surface area contributed by atoms with Gasteiger partial charge in [-0.1, -0.05) is 17.7 Å². The highest BCUT2D eigenvalue weighted by Gasteiger charge is 2.15. The molecule has 0 aliphatic rings. The molecule has 6 heteroatoms. The van der Waals surface area contributed by atoms with Crippen LogP contribution in [0.4, 0.5) is 0 Å². The topological polar surface area (TPSA) is 77.6 Å². The van der Waals surface area contributed by atoms with Crippen LogP contribution in [0.1, 0.15) is 5.56 Å². The number of hydrogen-bond acceptors (Lipinski definition) is 4. The van der Waals surface area contributed by atoms with Crippen LogP contribution in [0.3, 0.4) is 0 Å². The average Bonchev–Trinajstić information content (AvgIpc) is 2.48. The number of benzene rings is 2. The summed E-state index contributed by atoms with van der Waals surface area (Å²) in [5, 5.41) is 8.08. The third-order valence-electron chi connectivity index (χ3n) is 2.83. The van der Waals surface area contributed by atoms with E-state index in [1.165, 1.54) is 14.2 Å². The molecule has 110 valence electrons. The molecule has 3 N–H and O–H groups in total. The zero-order valence-electron chi connectivity index (χ0n) is 11.6. The van der Waals surface area contributed by atoms with E-state index in [0.717, 1.165) is 0 Å². The molecule has 0 saturated heterocycles. The number of hydrogen-bond donors (Lipinski definition) is 2. The van der Waals surface area contributed by atoms with Crippen LogP contribution in [0, 0.1) is 5.41 Å². The van der Waals surface area contributed by atoms with Crippen LogP contribution >= 0.6 is 11.6 Å². The Morgan fingerprint density at radius 3 is 2.19 bits per heavy atom. The number of rotatable bonds is 5. The first-order valence-corrected chi connectivity index (χ1v) is 6.47. The molecule has 0 spiro atoms. The molecule has 0 saturated carbocycles. The minimum Gasteiger partial charge on any atom is -0.493 e. The lowest BCUT2D eigenvalue weighted by Crippen LogP contribution is -2.12. The van der Waals surface area contributed by atoms with E-state index in [1.807, 2.05) is 0 Å². The molecule has 2 rings (SSSR count). The van der Waals surface area contributed by atoms with E-state index in [9.17, 15) is 0 Å². The first kappa shape index (κ1) is 15.0. The van der Waals surface area contributed by atoms with Gasteiger partial charge in [0.1, 0.15) is 11.6 Å². The van der Waals surface area contributed by atoms with Crippen LogP contribution in [-0.4, -0.2) is 20.1 Å². The Hall–Kier alpha value is -2.40. The van der Waals surface area contributed by atoms with Crippen molar-refractivity contribution >= 4 is 17.4 Å². The number of nitrogens with one attached hydrogen (secondary N) is 1. The predicted octanol–water partition coefficient (Wildman–Crippen LogP) is 3.43. The number of ether oxygens (including phenoxy) is 3. The lowest BCUT2D eigenvalue weighted by atomic mass is 10.2. The van der Waals surface area contributed by atoms with Crippen molar-refractivity contribution in [2.75, 3.05) is 14.2 Å². The van der Waals surface area contributed by atoms with E-state index in [1.54, 1.807) is 36.4 Å². The standard InChI is InChI=1S/C15H15ClN2O3/c1-19-12-4-3-5-13(20-2)14(12)21-11-7-6-9(16)8-10(11)15(17)18/h3-8H,1-2H3,(H3,17,18). The zero-order chi connectivity index (χ0) is 15.4. The summed E-state index contributed by atoms with van der Waals surface area (Å²) in [6.45, 7) is 0. The fraction of sp³-hybridized carbons (Fsp3) is 0.133. The SMILES string of the molecule is COc1cccc(OC)c1Oc1ccc(Cl)cc1C(=N)N. The second kappa shape index (κ2) is 6.37. The molecular weight excluding hydrogens is 292 g/mol. The van der Waals surface area contributed by atoms with Crippen molar-refractivity contribution in [2.45, 2.75) is 0 Å². The van der Waals surface area contributed by atoms with Crippen molar-refractivity contribution in [3.8, 4) is 23.0 Å². The van der Waals surface area contributed by atoms with E-state index < -0.39 is 0 Å². The summed E-state index contributed by atoms with van der Waals surface area (Å²) < 4.78 is 16.4. The molecule has 0 amide bonds. The van der Waals surface area contributed by atoms with E-state index in [4.69, 9.17) is 37.0 Å². The van der Waals surface area contributed by atoms with Crippen molar-refractivity contribution in [1.29, 1.82) is 5.41 Å². The largest absolute Gasteiger partial charge is 0.493 e. The van der Waals surface area contributed by atoms with Crippen molar-refractivity contribution in [2.24, 2.45) is 5.73 Å². The lowest BCUT2D eigenvalue weighted by molar-refractivity contribution is 0.346. The number of nitrogen functional groups attached to an aromatic ring is 1. The summed E-state index contributed by atoms with van der Waals surface area (Å²) in [5.74, 6) is 1.70. The Morgan fingerprint density at radius 1 is 1.05 bits per heavy atom. The molecule has 0 unspecified atom stereocenters. The second-order valence-corrected chi connectivity index (χ2v) is 4.58. The Bertz CT molecular complexity index is 652. The molecule has 0 fully saturated rings. The van der Waals surface area contributed by atoms with Crippen LogP contribution in [0.5, 0.6) is 23.0 Å². The molecule has 0 aromatic heterocycles. The van der Waals surface area contributed by atoms with E-state index in [2.05, 4.69) is 0 Å². The van der Waals surface area contributed by atoms with Crippen LogP contribution in [0.2, 0.25) is 5.02 Å². The van der Waals surface area contributed by atoms with Gasteiger partial charge in [0.05, 0.1) is 19.8 Å². The van der Waals surface area contributed by atoms with Gasteiger partial charge in [-0.25, -0.2) is 0 Å². The zero-order valence-corrected chi connectivity index (χ0v) is 12.4. The third kappa shape index (κ3) is 3.20. The molecule has 0 aliphatic heterocycles. The fourth-order valence-corrected chi connectivity index (χ4v) is 2.00. The van der Waals surface area contributed by atoms with Gasteiger partial charge in [-0.05, 0) is 30.3 Å². The number of nitrogens with two attached hydrogens (primary N) is 1. The van der Waals surface area contributed by atoms with Crippen LogP contribution in [0.25, 0.3) is 0 Å². The summed E-state index contributed by atoms with van der Waals surface area (Å²) in [6, 6.07) is 10.2. The van der Waals surface area contributed by atoms with Crippen molar-refractivity contribution < 1.29 is 14.2 Å². The quantitative estimate of drug-likeness (QED) is 0.655. The lowest BCUT2D eigenvalue weighted by Gasteiger charge is -2.15. The second-order valence-electron chi connectivity index (χ2n) is 4.15. The third-order valence-corrected chi connectivity index (χ3v) is 3.06. The first-order valence-electron chi connectivity index (χ1n) is 6.09. The maximum Gasteiger partial charge on any atom is 0.211 e. The van der Waals surface area contributed by atoms with Gasteiger partial charge in [0.15, 0.2) is 11.5 Å². The molecule has 2 aromatic carbocycles. The van der Waals surface area contributed by atoms with Gasteiger partial charge in [-0.2, -0.15) is 0 Å². The average molecular weight is 307 g/mol.